The maximum atomic E-state index is 4.53. The molecule has 0 unspecified atom stereocenters. The molecule has 0 atom stereocenters. The fourth-order valence-corrected chi connectivity index (χ4v) is 2.63. The topological polar surface area (TPSA) is 35.1 Å². The van der Waals surface area contributed by atoms with E-state index >= 15 is 0 Å². The molecule has 4 aromatic rings. The van der Waals surface area contributed by atoms with Gasteiger partial charge in [0.05, 0.1) is 30.1 Å². The highest BCUT2D eigenvalue weighted by Crippen LogP contribution is 2.21. The Hall–Kier alpha value is -3.14. The van der Waals surface area contributed by atoms with Crippen LogP contribution in [-0.4, -0.2) is 18.9 Å². The van der Waals surface area contributed by atoms with Gasteiger partial charge < -0.3 is 4.57 Å². The van der Waals surface area contributed by atoms with Crippen molar-refractivity contribution >= 4 is 17.8 Å². The van der Waals surface area contributed by atoms with Crippen LogP contribution < -0.4 is 0 Å². The summed E-state index contributed by atoms with van der Waals surface area (Å²) in [5.41, 5.74) is 5.39. The molecule has 1 aromatic carbocycles. The fourth-order valence-electron chi connectivity index (χ4n) is 2.63. The molecule has 0 radical (unpaired) electrons. The average Bonchev–Trinajstić information content (AvgIpc) is 3.19. The van der Waals surface area contributed by atoms with Gasteiger partial charge in [0.1, 0.15) is 5.65 Å². The van der Waals surface area contributed by atoms with Crippen LogP contribution in [0.1, 0.15) is 11.3 Å². The molecule has 0 saturated heterocycles. The average molecular weight is 300 g/mol. The van der Waals surface area contributed by atoms with Gasteiger partial charge >= 0.3 is 0 Å². The molecule has 3 aromatic heterocycles. The number of benzene rings is 1. The molecule has 0 saturated carbocycles. The van der Waals surface area contributed by atoms with Gasteiger partial charge in [-0.15, -0.1) is 0 Å². The number of nitrogens with zero attached hydrogens (tertiary/aromatic N) is 4. The smallest absolute Gasteiger partial charge is 0.137 e. The SMILES string of the molecule is Cn1cncc1/C=C/c1ccn2c(-c3ccccc3)cnc2c1. The van der Waals surface area contributed by atoms with Crippen LogP contribution >= 0.6 is 0 Å². The summed E-state index contributed by atoms with van der Waals surface area (Å²) in [5, 5.41) is 0. The van der Waals surface area contributed by atoms with E-state index in [0.717, 1.165) is 28.2 Å². The van der Waals surface area contributed by atoms with Gasteiger partial charge in [0, 0.05) is 18.8 Å². The zero-order chi connectivity index (χ0) is 15.6. The van der Waals surface area contributed by atoms with Crippen LogP contribution in [0.3, 0.4) is 0 Å². The molecule has 0 fully saturated rings. The number of rotatable bonds is 3. The van der Waals surface area contributed by atoms with E-state index in [-0.39, 0.29) is 0 Å². The minimum atomic E-state index is 0.941. The van der Waals surface area contributed by atoms with Gasteiger partial charge in [-0.05, 0) is 23.8 Å². The van der Waals surface area contributed by atoms with Crippen molar-refractivity contribution in [2.24, 2.45) is 7.05 Å². The first-order valence-corrected chi connectivity index (χ1v) is 7.48. The standard InChI is InChI=1S/C19H16N4/c1-22-14-20-12-17(22)8-7-15-9-10-23-18(13-21-19(23)11-15)16-5-3-2-4-6-16/h2-14H,1H3/b8-7+. The highest BCUT2D eigenvalue weighted by molar-refractivity contribution is 5.71. The summed E-state index contributed by atoms with van der Waals surface area (Å²) in [6.07, 6.45) is 11.8. The lowest BCUT2D eigenvalue weighted by Crippen LogP contribution is -1.89. The molecule has 0 N–H and O–H groups in total. The Balaban J connectivity index is 1.70. The quantitative estimate of drug-likeness (QED) is 0.575. The van der Waals surface area contributed by atoms with Gasteiger partial charge in [-0.2, -0.15) is 0 Å². The third-order valence-electron chi connectivity index (χ3n) is 3.91. The summed E-state index contributed by atoms with van der Waals surface area (Å²) in [5.74, 6) is 0. The minimum absolute atomic E-state index is 0.941. The van der Waals surface area contributed by atoms with Crippen molar-refractivity contribution in [2.75, 3.05) is 0 Å². The van der Waals surface area contributed by atoms with Gasteiger partial charge in [0.15, 0.2) is 0 Å². The lowest BCUT2D eigenvalue weighted by atomic mass is 10.2. The van der Waals surface area contributed by atoms with Gasteiger partial charge in [0.25, 0.3) is 0 Å². The maximum absolute atomic E-state index is 4.53. The van der Waals surface area contributed by atoms with Crippen molar-refractivity contribution in [2.45, 2.75) is 0 Å². The predicted molar refractivity (Wildman–Crippen MR) is 92.8 cm³/mol. The molecule has 4 rings (SSSR count). The van der Waals surface area contributed by atoms with Gasteiger partial charge in [0.2, 0.25) is 0 Å². The molecule has 4 nitrogen and oxygen atoms in total. The molecule has 0 spiro atoms. The molecular formula is C19H16N4. The van der Waals surface area contributed by atoms with Gasteiger partial charge in [-0.25, -0.2) is 9.97 Å². The number of pyridine rings is 1. The number of aromatic nitrogens is 4. The van der Waals surface area contributed by atoms with Gasteiger partial charge in [-0.3, -0.25) is 4.40 Å². The second-order valence-electron chi connectivity index (χ2n) is 5.46. The Labute approximate surface area is 134 Å². The predicted octanol–water partition coefficient (Wildman–Crippen LogP) is 3.91. The Bertz CT molecular complexity index is 977. The second kappa shape index (κ2) is 5.57. The third kappa shape index (κ3) is 2.55. The fraction of sp³-hybridized carbons (Fsp3) is 0.0526. The Morgan fingerprint density at radius 2 is 1.87 bits per heavy atom. The molecule has 0 bridgehead atoms. The first-order valence-electron chi connectivity index (χ1n) is 7.48. The summed E-state index contributed by atoms with van der Waals surface area (Å²) in [4.78, 5) is 8.65. The van der Waals surface area contributed by atoms with Crippen molar-refractivity contribution in [3.8, 4) is 11.3 Å². The first-order chi connectivity index (χ1) is 11.3. The van der Waals surface area contributed by atoms with Crippen LogP contribution in [0, 0.1) is 0 Å². The van der Waals surface area contributed by atoms with Crippen molar-refractivity contribution in [1.29, 1.82) is 0 Å². The van der Waals surface area contributed by atoms with E-state index in [0.29, 0.717) is 0 Å². The molecule has 0 aliphatic carbocycles. The van der Waals surface area contributed by atoms with Crippen LogP contribution in [-0.2, 0) is 7.05 Å². The van der Waals surface area contributed by atoms with Crippen LogP contribution in [0.2, 0.25) is 0 Å². The summed E-state index contributed by atoms with van der Waals surface area (Å²) in [6, 6.07) is 14.5. The second-order valence-corrected chi connectivity index (χ2v) is 5.46. The van der Waals surface area contributed by atoms with Crippen molar-refractivity contribution in [3.63, 3.8) is 0 Å². The number of fused-ring (bicyclic) bond motifs is 1. The Morgan fingerprint density at radius 1 is 1.00 bits per heavy atom. The van der Waals surface area contributed by atoms with Crippen molar-refractivity contribution < 1.29 is 0 Å². The Kier molecular flexibility index (Phi) is 3.27. The largest absolute Gasteiger partial charge is 0.334 e. The lowest BCUT2D eigenvalue weighted by molar-refractivity contribution is 0.902. The molecule has 0 aliphatic rings. The summed E-state index contributed by atoms with van der Waals surface area (Å²) in [7, 11) is 1.98. The van der Waals surface area contributed by atoms with E-state index in [4.69, 9.17) is 0 Å². The summed E-state index contributed by atoms with van der Waals surface area (Å²) in [6.45, 7) is 0. The van der Waals surface area contributed by atoms with Crippen LogP contribution in [0.4, 0.5) is 0 Å². The van der Waals surface area contributed by atoms with E-state index in [9.17, 15) is 0 Å². The maximum Gasteiger partial charge on any atom is 0.137 e. The van der Waals surface area contributed by atoms with Crippen LogP contribution in [0.5, 0.6) is 0 Å². The number of hydrogen-bond acceptors (Lipinski definition) is 2. The molecule has 0 aliphatic heterocycles. The lowest BCUT2D eigenvalue weighted by Gasteiger charge is -2.02. The third-order valence-corrected chi connectivity index (χ3v) is 3.91. The van der Waals surface area contributed by atoms with E-state index in [1.807, 2.05) is 42.2 Å². The zero-order valence-corrected chi connectivity index (χ0v) is 12.8. The number of hydrogen-bond donors (Lipinski definition) is 0. The molecule has 3 heterocycles. The number of aryl methyl sites for hydroxylation is 1. The van der Waals surface area contributed by atoms with E-state index in [1.54, 1.807) is 6.33 Å². The number of imidazole rings is 2. The molecular weight excluding hydrogens is 284 g/mol. The zero-order valence-electron chi connectivity index (χ0n) is 12.8. The van der Waals surface area contributed by atoms with Crippen LogP contribution in [0.15, 0.2) is 67.4 Å². The van der Waals surface area contributed by atoms with E-state index in [2.05, 4.69) is 57.0 Å². The van der Waals surface area contributed by atoms with E-state index in [1.165, 1.54) is 0 Å². The van der Waals surface area contributed by atoms with E-state index < -0.39 is 0 Å². The minimum Gasteiger partial charge on any atom is -0.334 e. The normalized spacial score (nSPS) is 11.5. The highest BCUT2D eigenvalue weighted by atomic mass is 15.0. The monoisotopic (exact) mass is 300 g/mol. The molecule has 112 valence electrons. The van der Waals surface area contributed by atoms with Crippen molar-refractivity contribution in [1.82, 2.24) is 18.9 Å². The first kappa shape index (κ1) is 13.5. The molecule has 0 amide bonds. The summed E-state index contributed by atoms with van der Waals surface area (Å²) < 4.78 is 4.09. The molecule has 23 heavy (non-hydrogen) atoms. The Morgan fingerprint density at radius 3 is 2.65 bits per heavy atom. The highest BCUT2D eigenvalue weighted by Gasteiger charge is 2.05. The van der Waals surface area contributed by atoms with Gasteiger partial charge in [-0.1, -0.05) is 36.4 Å². The van der Waals surface area contributed by atoms with Crippen LogP contribution in [0.25, 0.3) is 29.1 Å². The van der Waals surface area contributed by atoms with Crippen molar-refractivity contribution in [3.05, 3.63) is 78.6 Å². The molecule has 4 heteroatoms. The summed E-state index contributed by atoms with van der Waals surface area (Å²) >= 11 is 0.